The summed E-state index contributed by atoms with van der Waals surface area (Å²) in [7, 11) is -3.37. The van der Waals surface area contributed by atoms with Crippen LogP contribution in [0.25, 0.3) is 0 Å². The number of hydrogen-bond donors (Lipinski definition) is 2. The maximum atomic E-state index is 12.3. The zero-order valence-corrected chi connectivity index (χ0v) is 11.9. The van der Waals surface area contributed by atoms with Gasteiger partial charge in [0, 0.05) is 18.8 Å². The fraction of sp³-hybridized carbons (Fsp3) is 0.538. The molecule has 1 aromatic carbocycles. The molecule has 0 bridgehead atoms. The molecule has 0 amide bonds. The van der Waals surface area contributed by atoms with Gasteiger partial charge in [0.1, 0.15) is 0 Å². The molecule has 19 heavy (non-hydrogen) atoms. The van der Waals surface area contributed by atoms with Gasteiger partial charge < -0.3 is 10.8 Å². The summed E-state index contributed by atoms with van der Waals surface area (Å²) in [5.41, 5.74) is 6.15. The Morgan fingerprint density at radius 1 is 1.32 bits per heavy atom. The minimum absolute atomic E-state index is 0.0815. The van der Waals surface area contributed by atoms with Gasteiger partial charge in [0.05, 0.1) is 11.4 Å². The molecule has 2 rings (SSSR count). The summed E-state index contributed by atoms with van der Waals surface area (Å²) < 4.78 is 26.1. The molecule has 106 valence electrons. The number of nitrogen functional groups attached to an aromatic ring is 1. The van der Waals surface area contributed by atoms with Gasteiger partial charge in [-0.05, 0) is 31.4 Å². The predicted molar refractivity (Wildman–Crippen MR) is 74.9 cm³/mol. The molecule has 1 aromatic rings. The Bertz CT molecular complexity index is 545. The van der Waals surface area contributed by atoms with Gasteiger partial charge >= 0.3 is 0 Å². The number of benzene rings is 1. The minimum atomic E-state index is -3.37. The fourth-order valence-electron chi connectivity index (χ4n) is 2.20. The Morgan fingerprint density at radius 3 is 2.47 bits per heavy atom. The number of sulfonamides is 1. The van der Waals surface area contributed by atoms with Crippen molar-refractivity contribution in [1.29, 1.82) is 0 Å². The van der Waals surface area contributed by atoms with E-state index in [4.69, 9.17) is 5.73 Å². The molecule has 1 saturated heterocycles. The Balaban J connectivity index is 2.10. The van der Waals surface area contributed by atoms with Crippen molar-refractivity contribution >= 4 is 15.7 Å². The van der Waals surface area contributed by atoms with Crippen LogP contribution in [0, 0.1) is 0 Å². The van der Waals surface area contributed by atoms with Crippen molar-refractivity contribution in [3.63, 3.8) is 0 Å². The van der Waals surface area contributed by atoms with E-state index in [2.05, 4.69) is 0 Å². The molecule has 6 heteroatoms. The van der Waals surface area contributed by atoms with Crippen LogP contribution in [0.15, 0.2) is 24.3 Å². The third kappa shape index (κ3) is 3.46. The number of aliphatic hydroxyl groups is 1. The highest BCUT2D eigenvalue weighted by Gasteiger charge is 2.33. The molecule has 3 N–H and O–H groups in total. The van der Waals surface area contributed by atoms with Crippen molar-refractivity contribution in [2.24, 2.45) is 0 Å². The van der Waals surface area contributed by atoms with Crippen LogP contribution in [0.2, 0.25) is 0 Å². The fourth-order valence-corrected chi connectivity index (χ4v) is 3.78. The summed E-state index contributed by atoms with van der Waals surface area (Å²) >= 11 is 0. The summed E-state index contributed by atoms with van der Waals surface area (Å²) in [4.78, 5) is 0. The third-order valence-corrected chi connectivity index (χ3v) is 5.41. The molecule has 1 aliphatic heterocycles. The van der Waals surface area contributed by atoms with Crippen LogP contribution >= 0.6 is 0 Å². The third-order valence-electron chi connectivity index (χ3n) is 3.59. The van der Waals surface area contributed by atoms with E-state index in [0.717, 1.165) is 0 Å². The lowest BCUT2D eigenvalue weighted by Gasteiger charge is -2.35. The van der Waals surface area contributed by atoms with Gasteiger partial charge in [0.25, 0.3) is 0 Å². The van der Waals surface area contributed by atoms with Gasteiger partial charge in [0.2, 0.25) is 10.0 Å². The molecule has 0 atom stereocenters. The molecular formula is C13H20N2O3S. The summed E-state index contributed by atoms with van der Waals surface area (Å²) in [6, 6.07) is 6.99. The maximum Gasteiger partial charge on any atom is 0.218 e. The standard InChI is InChI=1S/C13H20N2O3S/c1-13(16)6-8-15(9-7-13)19(17,18)10-11-4-2-3-5-12(11)14/h2-5,16H,6-10,14H2,1H3. The molecule has 1 heterocycles. The normalized spacial score (nSPS) is 20.3. The molecule has 1 aliphatic rings. The van der Waals surface area contributed by atoms with Gasteiger partial charge in [-0.25, -0.2) is 12.7 Å². The SMILES string of the molecule is CC1(O)CCN(S(=O)(=O)Cc2ccccc2N)CC1. The van der Waals surface area contributed by atoms with Gasteiger partial charge in [-0.3, -0.25) is 0 Å². The smallest absolute Gasteiger partial charge is 0.218 e. The van der Waals surface area contributed by atoms with E-state index in [1.54, 1.807) is 31.2 Å². The predicted octanol–water partition coefficient (Wildman–Crippen LogP) is 0.945. The van der Waals surface area contributed by atoms with Crippen LogP contribution < -0.4 is 5.73 Å². The largest absolute Gasteiger partial charge is 0.398 e. The Kier molecular flexibility index (Phi) is 3.85. The van der Waals surface area contributed by atoms with Crippen molar-refractivity contribution in [3.8, 4) is 0 Å². The highest BCUT2D eigenvalue weighted by Crippen LogP contribution is 2.25. The van der Waals surface area contributed by atoms with Crippen molar-refractivity contribution in [2.75, 3.05) is 18.8 Å². The second kappa shape index (κ2) is 5.11. The Morgan fingerprint density at radius 2 is 1.89 bits per heavy atom. The second-order valence-corrected chi connectivity index (χ2v) is 7.32. The number of nitrogens with two attached hydrogens (primary N) is 1. The lowest BCUT2D eigenvalue weighted by Crippen LogP contribution is -2.45. The molecule has 5 nitrogen and oxygen atoms in total. The van der Waals surface area contributed by atoms with Crippen LogP contribution in [0.1, 0.15) is 25.3 Å². The van der Waals surface area contributed by atoms with Gasteiger partial charge in [0.15, 0.2) is 0 Å². The Hall–Kier alpha value is -1.11. The zero-order valence-electron chi connectivity index (χ0n) is 11.0. The highest BCUT2D eigenvalue weighted by atomic mass is 32.2. The minimum Gasteiger partial charge on any atom is -0.398 e. The maximum absolute atomic E-state index is 12.3. The van der Waals surface area contributed by atoms with Gasteiger partial charge in [-0.1, -0.05) is 18.2 Å². The molecule has 0 saturated carbocycles. The summed E-state index contributed by atoms with van der Waals surface area (Å²) in [5, 5.41) is 9.85. The topological polar surface area (TPSA) is 83.6 Å². The first-order valence-corrected chi connectivity index (χ1v) is 7.95. The molecule has 1 fully saturated rings. The highest BCUT2D eigenvalue weighted by molar-refractivity contribution is 7.88. The van der Waals surface area contributed by atoms with Crippen molar-refractivity contribution in [2.45, 2.75) is 31.1 Å². The summed E-state index contributed by atoms with van der Waals surface area (Å²) in [6.07, 6.45) is 0.938. The first kappa shape index (κ1) is 14.3. The molecule has 0 aliphatic carbocycles. The van der Waals surface area contributed by atoms with E-state index in [9.17, 15) is 13.5 Å². The lowest BCUT2D eigenvalue weighted by molar-refractivity contribution is 0.0126. The average Bonchev–Trinajstić information content (AvgIpc) is 2.31. The van der Waals surface area contributed by atoms with Crippen LogP contribution in [-0.4, -0.2) is 36.5 Å². The van der Waals surface area contributed by atoms with Gasteiger partial charge in [-0.2, -0.15) is 0 Å². The van der Waals surface area contributed by atoms with Crippen LogP contribution in [0.5, 0.6) is 0 Å². The van der Waals surface area contributed by atoms with Crippen molar-refractivity contribution < 1.29 is 13.5 Å². The number of anilines is 1. The summed E-state index contributed by atoms with van der Waals surface area (Å²) in [6.45, 7) is 2.47. The average molecular weight is 284 g/mol. The molecule has 0 radical (unpaired) electrons. The zero-order chi connectivity index (χ0) is 14.1. The number of rotatable bonds is 3. The van der Waals surface area contributed by atoms with Crippen LogP contribution in [0.4, 0.5) is 5.69 Å². The summed E-state index contributed by atoms with van der Waals surface area (Å²) in [5.74, 6) is -0.0815. The second-order valence-electron chi connectivity index (χ2n) is 5.35. The first-order valence-electron chi connectivity index (χ1n) is 6.34. The monoisotopic (exact) mass is 284 g/mol. The van der Waals surface area contributed by atoms with Crippen LogP contribution in [-0.2, 0) is 15.8 Å². The van der Waals surface area contributed by atoms with E-state index in [1.165, 1.54) is 4.31 Å². The van der Waals surface area contributed by atoms with E-state index >= 15 is 0 Å². The number of hydrogen-bond acceptors (Lipinski definition) is 4. The molecule has 0 aromatic heterocycles. The molecule has 0 unspecified atom stereocenters. The first-order chi connectivity index (χ1) is 8.80. The number of para-hydroxylation sites is 1. The van der Waals surface area contributed by atoms with E-state index < -0.39 is 15.6 Å². The van der Waals surface area contributed by atoms with Crippen LogP contribution in [0.3, 0.4) is 0 Å². The van der Waals surface area contributed by atoms with E-state index in [-0.39, 0.29) is 5.75 Å². The Labute approximate surface area is 114 Å². The molecule has 0 spiro atoms. The van der Waals surface area contributed by atoms with E-state index in [1.807, 2.05) is 0 Å². The number of piperidine rings is 1. The van der Waals surface area contributed by atoms with Crippen molar-refractivity contribution in [3.05, 3.63) is 29.8 Å². The van der Waals surface area contributed by atoms with Gasteiger partial charge in [-0.15, -0.1) is 0 Å². The quantitative estimate of drug-likeness (QED) is 0.809. The van der Waals surface area contributed by atoms with E-state index in [0.29, 0.717) is 37.2 Å². The lowest BCUT2D eigenvalue weighted by atomic mass is 9.95. The molecular weight excluding hydrogens is 264 g/mol. The van der Waals surface area contributed by atoms with Crippen molar-refractivity contribution in [1.82, 2.24) is 4.31 Å². The number of nitrogens with zero attached hydrogens (tertiary/aromatic N) is 1.